The van der Waals surface area contributed by atoms with Crippen LogP contribution in [0, 0.1) is 20.8 Å². The zero-order chi connectivity index (χ0) is 19.0. The molecule has 0 bridgehead atoms. The number of nitrogens with zero attached hydrogens (tertiary/aromatic N) is 6. The number of carbonyl (C=O) groups excluding carboxylic acids is 1. The lowest BCUT2D eigenvalue weighted by molar-refractivity contribution is 0.0937. The number of hydrogen-bond donors (Lipinski definition) is 0. The lowest BCUT2D eigenvalue weighted by Gasteiger charge is -2.09. The molecule has 7 heteroatoms. The van der Waals surface area contributed by atoms with Gasteiger partial charge in [-0.2, -0.15) is 9.78 Å². The van der Waals surface area contributed by atoms with Crippen LogP contribution in [0.3, 0.4) is 0 Å². The fourth-order valence-electron chi connectivity index (χ4n) is 3.09. The second-order valence-electron chi connectivity index (χ2n) is 6.64. The minimum absolute atomic E-state index is 0.268. The molecule has 0 spiro atoms. The van der Waals surface area contributed by atoms with Crippen LogP contribution in [-0.2, 0) is 6.54 Å². The largest absolute Gasteiger partial charge is 0.307 e. The summed E-state index contributed by atoms with van der Waals surface area (Å²) < 4.78 is 4.97. The van der Waals surface area contributed by atoms with Gasteiger partial charge >= 0.3 is 5.91 Å². The predicted octanol–water partition coefficient (Wildman–Crippen LogP) is 2.93. The third-order valence-corrected chi connectivity index (χ3v) is 4.42. The van der Waals surface area contributed by atoms with E-state index in [1.165, 1.54) is 10.2 Å². The molecule has 7 nitrogen and oxygen atoms in total. The lowest BCUT2D eigenvalue weighted by atomic mass is 10.1. The van der Waals surface area contributed by atoms with E-state index in [9.17, 15) is 4.79 Å². The van der Waals surface area contributed by atoms with Gasteiger partial charge in [0.05, 0.1) is 12.2 Å². The van der Waals surface area contributed by atoms with Crippen molar-refractivity contribution < 1.29 is 4.79 Å². The van der Waals surface area contributed by atoms with Crippen LogP contribution in [0.1, 0.15) is 33.0 Å². The van der Waals surface area contributed by atoms with Crippen LogP contribution in [0.4, 0.5) is 0 Å². The van der Waals surface area contributed by atoms with Crippen LogP contribution in [0.25, 0.3) is 5.82 Å². The Morgan fingerprint density at radius 2 is 1.74 bits per heavy atom. The Labute approximate surface area is 156 Å². The Kier molecular flexibility index (Phi) is 4.19. The Bertz CT molecular complexity index is 1090. The van der Waals surface area contributed by atoms with Crippen molar-refractivity contribution in [3.05, 3.63) is 83.1 Å². The van der Waals surface area contributed by atoms with Gasteiger partial charge in [0.1, 0.15) is 0 Å². The van der Waals surface area contributed by atoms with Crippen LogP contribution >= 0.6 is 0 Å². The van der Waals surface area contributed by atoms with E-state index in [0.717, 1.165) is 17.0 Å². The summed E-state index contributed by atoms with van der Waals surface area (Å²) >= 11 is 0. The van der Waals surface area contributed by atoms with Crippen molar-refractivity contribution in [2.45, 2.75) is 27.3 Å². The average Bonchev–Trinajstić information content (AvgIpc) is 3.36. The molecule has 0 radical (unpaired) electrons. The number of carbonyl (C=O) groups is 1. The summed E-state index contributed by atoms with van der Waals surface area (Å²) in [5, 5.41) is 12.7. The van der Waals surface area contributed by atoms with E-state index >= 15 is 0 Å². The van der Waals surface area contributed by atoms with Crippen molar-refractivity contribution in [1.82, 2.24) is 29.3 Å². The fraction of sp³-hybridized carbons (Fsp3) is 0.200. The first-order valence-electron chi connectivity index (χ1n) is 8.73. The highest BCUT2D eigenvalue weighted by atomic mass is 16.2. The molecule has 0 saturated carbocycles. The second kappa shape index (κ2) is 6.68. The second-order valence-corrected chi connectivity index (χ2v) is 6.64. The molecule has 0 aliphatic heterocycles. The van der Waals surface area contributed by atoms with Gasteiger partial charge in [0.15, 0.2) is 11.5 Å². The third-order valence-electron chi connectivity index (χ3n) is 4.42. The number of hydrogen-bond acceptors (Lipinski definition) is 4. The number of aromatic nitrogens is 6. The molecule has 0 aliphatic rings. The monoisotopic (exact) mass is 360 g/mol. The molecule has 4 aromatic rings. The van der Waals surface area contributed by atoms with Gasteiger partial charge in [-0.3, -0.25) is 4.79 Å². The first kappa shape index (κ1) is 17.0. The predicted molar refractivity (Wildman–Crippen MR) is 101 cm³/mol. The molecule has 3 aromatic heterocycles. The maximum atomic E-state index is 13.1. The van der Waals surface area contributed by atoms with Crippen molar-refractivity contribution in [3.63, 3.8) is 0 Å². The molecule has 0 amide bonds. The molecule has 0 saturated heterocycles. The summed E-state index contributed by atoms with van der Waals surface area (Å²) in [5.74, 6) is 0.331. The number of rotatable bonds is 4. The first-order valence-corrected chi connectivity index (χ1v) is 8.73. The number of aryl methyl sites for hydroxylation is 3. The van der Waals surface area contributed by atoms with Gasteiger partial charge in [0.25, 0.3) is 0 Å². The molecule has 4 rings (SSSR count). The zero-order valence-corrected chi connectivity index (χ0v) is 15.5. The summed E-state index contributed by atoms with van der Waals surface area (Å²) in [6.45, 7) is 6.28. The van der Waals surface area contributed by atoms with Gasteiger partial charge in [-0.25, -0.2) is 4.68 Å². The molecule has 3 heterocycles. The molecule has 0 fully saturated rings. The molecule has 0 atom stereocenters. The van der Waals surface area contributed by atoms with Crippen molar-refractivity contribution in [1.29, 1.82) is 0 Å². The smallest absolute Gasteiger partial charge is 0.302 e. The lowest BCUT2D eigenvalue weighted by Crippen LogP contribution is -2.19. The van der Waals surface area contributed by atoms with E-state index in [1.807, 2.05) is 49.0 Å². The zero-order valence-electron chi connectivity index (χ0n) is 15.5. The minimum atomic E-state index is -0.292. The van der Waals surface area contributed by atoms with Gasteiger partial charge in [-0.05, 0) is 44.5 Å². The van der Waals surface area contributed by atoms with Crippen molar-refractivity contribution in [2.24, 2.45) is 0 Å². The summed E-state index contributed by atoms with van der Waals surface area (Å²) in [6, 6.07) is 13.9. The highest BCUT2D eigenvalue weighted by Crippen LogP contribution is 2.17. The van der Waals surface area contributed by atoms with Gasteiger partial charge in [-0.1, -0.05) is 35.0 Å². The van der Waals surface area contributed by atoms with Crippen LogP contribution in [0.5, 0.6) is 0 Å². The normalized spacial score (nSPS) is 11.1. The molecular formula is C20H20N6O. The number of benzene rings is 1. The molecule has 0 N–H and O–H groups in total. The molecule has 27 heavy (non-hydrogen) atoms. The van der Waals surface area contributed by atoms with Crippen LogP contribution in [0.15, 0.2) is 54.9 Å². The SMILES string of the molecule is Cc1ccc(Cn2nnc(C(=O)n3nc(C)cc3C)c2-n2cccc2)cc1. The standard InChI is InChI=1S/C20H20N6O/c1-14-6-8-17(9-7-14)13-25-19(24-10-4-5-11-24)18(21-23-25)20(27)26-16(3)12-15(2)22-26/h4-12H,13H2,1-3H3. The summed E-state index contributed by atoms with van der Waals surface area (Å²) in [5.41, 5.74) is 4.11. The van der Waals surface area contributed by atoms with E-state index < -0.39 is 0 Å². The summed E-state index contributed by atoms with van der Waals surface area (Å²) in [6.07, 6.45) is 3.75. The maximum Gasteiger partial charge on any atom is 0.302 e. The highest BCUT2D eigenvalue weighted by Gasteiger charge is 2.24. The Balaban J connectivity index is 1.78. The average molecular weight is 360 g/mol. The van der Waals surface area contributed by atoms with E-state index in [4.69, 9.17) is 0 Å². The molecule has 136 valence electrons. The minimum Gasteiger partial charge on any atom is -0.307 e. The summed E-state index contributed by atoms with van der Waals surface area (Å²) in [4.78, 5) is 13.1. The van der Waals surface area contributed by atoms with E-state index in [0.29, 0.717) is 12.4 Å². The van der Waals surface area contributed by atoms with Gasteiger partial charge in [0.2, 0.25) is 0 Å². The van der Waals surface area contributed by atoms with E-state index in [2.05, 4.69) is 46.6 Å². The highest BCUT2D eigenvalue weighted by molar-refractivity contribution is 5.96. The van der Waals surface area contributed by atoms with E-state index in [1.54, 1.807) is 4.68 Å². The van der Waals surface area contributed by atoms with Gasteiger partial charge in [0, 0.05) is 18.1 Å². The van der Waals surface area contributed by atoms with Gasteiger partial charge < -0.3 is 4.57 Å². The van der Waals surface area contributed by atoms with Gasteiger partial charge in [-0.15, -0.1) is 5.10 Å². The Morgan fingerprint density at radius 1 is 1.04 bits per heavy atom. The van der Waals surface area contributed by atoms with Crippen molar-refractivity contribution in [2.75, 3.05) is 0 Å². The van der Waals surface area contributed by atoms with Crippen LogP contribution in [0.2, 0.25) is 0 Å². The molecule has 0 aliphatic carbocycles. The molecule has 1 aromatic carbocycles. The van der Waals surface area contributed by atoms with Crippen molar-refractivity contribution in [3.8, 4) is 5.82 Å². The van der Waals surface area contributed by atoms with Crippen LogP contribution < -0.4 is 0 Å². The topological polar surface area (TPSA) is 70.5 Å². The first-order chi connectivity index (χ1) is 13.0. The third kappa shape index (κ3) is 3.19. The Hall–Kier alpha value is -3.48. The van der Waals surface area contributed by atoms with Crippen LogP contribution in [-0.4, -0.2) is 35.2 Å². The van der Waals surface area contributed by atoms with Crippen molar-refractivity contribution >= 4 is 5.91 Å². The van der Waals surface area contributed by atoms with E-state index in [-0.39, 0.29) is 11.6 Å². The maximum absolute atomic E-state index is 13.1. The quantitative estimate of drug-likeness (QED) is 0.561. The summed E-state index contributed by atoms with van der Waals surface area (Å²) in [7, 11) is 0. The molecule has 0 unspecified atom stereocenters. The molecular weight excluding hydrogens is 340 g/mol. The Morgan fingerprint density at radius 3 is 2.37 bits per heavy atom. The fourth-order valence-corrected chi connectivity index (χ4v) is 3.09.